The number of allylic oxidation sites excluding steroid dienone is 1. The second-order valence-corrected chi connectivity index (χ2v) is 7.58. The highest BCUT2D eigenvalue weighted by Gasteiger charge is 2.33. The number of fused-ring (bicyclic) bond motifs is 5. The van der Waals surface area contributed by atoms with Gasteiger partial charge in [0.15, 0.2) is 0 Å². The van der Waals surface area contributed by atoms with Gasteiger partial charge in [-0.05, 0) is 50.1 Å². The second-order valence-electron chi connectivity index (χ2n) is 7.58. The first kappa shape index (κ1) is 16.5. The van der Waals surface area contributed by atoms with E-state index in [2.05, 4.69) is 56.8 Å². The van der Waals surface area contributed by atoms with Crippen LogP contribution in [0.5, 0.6) is 5.75 Å². The summed E-state index contributed by atoms with van der Waals surface area (Å²) in [6, 6.07) is 10.3. The highest BCUT2D eigenvalue weighted by Crippen LogP contribution is 2.50. The Labute approximate surface area is 155 Å². The van der Waals surface area contributed by atoms with Gasteiger partial charge in [-0.1, -0.05) is 30.2 Å². The second kappa shape index (κ2) is 5.81. The highest BCUT2D eigenvalue weighted by molar-refractivity contribution is 5.91. The molecule has 0 saturated carbocycles. The van der Waals surface area contributed by atoms with E-state index in [1.54, 1.807) is 0 Å². The van der Waals surface area contributed by atoms with E-state index in [9.17, 15) is 0 Å². The molecule has 1 atom stereocenters. The zero-order valence-electron chi connectivity index (χ0n) is 15.5. The summed E-state index contributed by atoms with van der Waals surface area (Å²) in [4.78, 5) is 0. The van der Waals surface area contributed by atoms with Crippen LogP contribution in [0.3, 0.4) is 0 Å². The molecule has 2 heterocycles. The fourth-order valence-electron chi connectivity index (χ4n) is 4.25. The summed E-state index contributed by atoms with van der Waals surface area (Å²) < 4.78 is 6.39. The van der Waals surface area contributed by atoms with E-state index < -0.39 is 0 Å². The van der Waals surface area contributed by atoms with E-state index in [1.807, 2.05) is 24.3 Å². The molecule has 0 fully saturated rings. The molecule has 0 amide bonds. The predicted octanol–water partition coefficient (Wildman–Crippen LogP) is 5.95. The molecule has 0 unspecified atom stereocenters. The van der Waals surface area contributed by atoms with Crippen molar-refractivity contribution in [2.24, 2.45) is 0 Å². The first-order valence-corrected chi connectivity index (χ1v) is 8.97. The van der Waals surface area contributed by atoms with E-state index in [-0.39, 0.29) is 11.6 Å². The maximum atomic E-state index is 6.39. The van der Waals surface area contributed by atoms with Crippen LogP contribution in [0.15, 0.2) is 49.1 Å². The van der Waals surface area contributed by atoms with Crippen molar-refractivity contribution in [3.63, 3.8) is 0 Å². The fraction of sp³-hybridized carbons (Fsp3) is 0.250. The van der Waals surface area contributed by atoms with Gasteiger partial charge in [0, 0.05) is 34.4 Å². The Morgan fingerprint density at radius 3 is 2.81 bits per heavy atom. The lowest BCUT2D eigenvalue weighted by molar-refractivity contribution is 0.205. The zero-order chi connectivity index (χ0) is 18.5. The minimum atomic E-state index is -0.0728. The largest absolute Gasteiger partial charge is 0.485 e. The molecule has 0 saturated heterocycles. The van der Waals surface area contributed by atoms with Crippen molar-refractivity contribution in [1.29, 1.82) is 0 Å². The maximum absolute atomic E-state index is 6.39. The summed E-state index contributed by atoms with van der Waals surface area (Å²) in [6.07, 6.45) is 10.7. The number of ether oxygens (including phenoxy) is 1. The van der Waals surface area contributed by atoms with Crippen molar-refractivity contribution in [1.82, 2.24) is 0 Å². The van der Waals surface area contributed by atoms with Crippen LogP contribution in [0.4, 0.5) is 5.69 Å². The van der Waals surface area contributed by atoms with Gasteiger partial charge in [0.25, 0.3) is 0 Å². The molecule has 0 radical (unpaired) electrons. The van der Waals surface area contributed by atoms with Crippen molar-refractivity contribution < 1.29 is 4.74 Å². The van der Waals surface area contributed by atoms with Gasteiger partial charge in [0.1, 0.15) is 11.9 Å². The number of rotatable bonds is 2. The van der Waals surface area contributed by atoms with Crippen molar-refractivity contribution in [2.75, 3.05) is 5.32 Å². The molecular weight excluding hydrogens is 318 g/mol. The van der Waals surface area contributed by atoms with E-state index in [4.69, 9.17) is 11.2 Å². The molecule has 130 valence electrons. The molecule has 2 aliphatic rings. The van der Waals surface area contributed by atoms with Gasteiger partial charge in [0.05, 0.1) is 5.54 Å². The first-order chi connectivity index (χ1) is 12.4. The Hall–Kier alpha value is -2.92. The molecule has 0 spiro atoms. The van der Waals surface area contributed by atoms with Gasteiger partial charge >= 0.3 is 0 Å². The third-order valence-corrected chi connectivity index (χ3v) is 5.10. The lowest BCUT2D eigenvalue weighted by Crippen LogP contribution is -2.32. The van der Waals surface area contributed by atoms with Crippen molar-refractivity contribution >= 4 is 11.3 Å². The molecule has 4 rings (SSSR count). The van der Waals surface area contributed by atoms with E-state index in [0.717, 1.165) is 29.0 Å². The Balaban J connectivity index is 2.04. The molecule has 0 bridgehead atoms. The Bertz CT molecular complexity index is 988. The minimum Gasteiger partial charge on any atom is -0.485 e. The van der Waals surface area contributed by atoms with Crippen LogP contribution in [0, 0.1) is 12.3 Å². The van der Waals surface area contributed by atoms with E-state index >= 15 is 0 Å². The first-order valence-electron chi connectivity index (χ1n) is 8.97. The molecule has 1 N–H and O–H groups in total. The highest BCUT2D eigenvalue weighted by atomic mass is 16.5. The third-order valence-electron chi connectivity index (χ3n) is 5.10. The average Bonchev–Trinajstić information content (AvgIpc) is 2.59. The van der Waals surface area contributed by atoms with Crippen molar-refractivity contribution in [3.05, 3.63) is 65.8 Å². The molecule has 0 aromatic heterocycles. The summed E-state index contributed by atoms with van der Waals surface area (Å²) in [7, 11) is 0. The molecular formula is C24H23NO. The van der Waals surface area contributed by atoms with Crippen LogP contribution in [0.1, 0.15) is 50.0 Å². The lowest BCUT2D eigenvalue weighted by atomic mass is 9.80. The van der Waals surface area contributed by atoms with Gasteiger partial charge in [-0.25, -0.2) is 0 Å². The SMILES string of the molecule is C#Cc1cccc2c1-c1ccc3c(c1[C@H](CC=C)O2)C(C)=CC(C)(C)N3. The Kier molecular flexibility index (Phi) is 3.70. The number of hydrogen-bond donors (Lipinski definition) is 1. The van der Waals surface area contributed by atoms with Crippen LogP contribution in [-0.4, -0.2) is 5.54 Å². The van der Waals surface area contributed by atoms with Gasteiger partial charge in [-0.2, -0.15) is 0 Å². The zero-order valence-corrected chi connectivity index (χ0v) is 15.5. The minimum absolute atomic E-state index is 0.0654. The topological polar surface area (TPSA) is 21.3 Å². The fourth-order valence-corrected chi connectivity index (χ4v) is 4.25. The summed E-state index contributed by atoms with van der Waals surface area (Å²) in [5.41, 5.74) is 7.82. The summed E-state index contributed by atoms with van der Waals surface area (Å²) >= 11 is 0. The summed E-state index contributed by atoms with van der Waals surface area (Å²) in [5.74, 6) is 3.67. The quantitative estimate of drug-likeness (QED) is 0.538. The standard InChI is InChI=1S/C24H23NO/c1-6-9-19-23-17(22-16(7-2)10-8-11-20(22)26-19)12-13-18-21(23)15(3)14-24(4,5)25-18/h2,6,8,10-14,19,25H,1,9H2,3-5H3/t19-/m0/s1. The number of anilines is 1. The predicted molar refractivity (Wildman–Crippen MR) is 109 cm³/mol. The van der Waals surface area contributed by atoms with E-state index in [1.165, 1.54) is 22.3 Å². The molecule has 2 aromatic carbocycles. The summed E-state index contributed by atoms with van der Waals surface area (Å²) in [5, 5.41) is 3.63. The Morgan fingerprint density at radius 2 is 2.08 bits per heavy atom. The van der Waals surface area contributed by atoms with Crippen LogP contribution < -0.4 is 10.1 Å². The van der Waals surface area contributed by atoms with Crippen LogP contribution in [0.2, 0.25) is 0 Å². The molecule has 2 heteroatoms. The number of nitrogens with one attached hydrogen (secondary N) is 1. The third kappa shape index (κ3) is 2.44. The van der Waals surface area contributed by atoms with Crippen LogP contribution in [0.25, 0.3) is 16.7 Å². The molecule has 2 aromatic rings. The summed E-state index contributed by atoms with van der Waals surface area (Å²) in [6.45, 7) is 10.5. The Morgan fingerprint density at radius 1 is 1.27 bits per heavy atom. The van der Waals surface area contributed by atoms with Crippen molar-refractivity contribution in [2.45, 2.75) is 38.8 Å². The number of hydrogen-bond acceptors (Lipinski definition) is 2. The molecule has 2 nitrogen and oxygen atoms in total. The smallest absolute Gasteiger partial charge is 0.129 e. The maximum Gasteiger partial charge on any atom is 0.129 e. The van der Waals surface area contributed by atoms with E-state index in [0.29, 0.717) is 0 Å². The molecule has 2 aliphatic heterocycles. The van der Waals surface area contributed by atoms with Crippen LogP contribution >= 0.6 is 0 Å². The van der Waals surface area contributed by atoms with Crippen LogP contribution in [-0.2, 0) is 0 Å². The normalized spacial score (nSPS) is 18.8. The lowest BCUT2D eigenvalue weighted by Gasteiger charge is -2.37. The van der Waals surface area contributed by atoms with Crippen molar-refractivity contribution in [3.8, 4) is 29.2 Å². The number of benzene rings is 2. The molecule has 26 heavy (non-hydrogen) atoms. The number of terminal acetylenes is 1. The van der Waals surface area contributed by atoms with Gasteiger partial charge in [-0.15, -0.1) is 13.0 Å². The molecule has 0 aliphatic carbocycles. The van der Waals surface area contributed by atoms with Gasteiger partial charge in [-0.3, -0.25) is 0 Å². The van der Waals surface area contributed by atoms with Gasteiger partial charge < -0.3 is 10.1 Å². The van der Waals surface area contributed by atoms with Gasteiger partial charge in [0.2, 0.25) is 0 Å². The monoisotopic (exact) mass is 341 g/mol. The average molecular weight is 341 g/mol.